The van der Waals surface area contributed by atoms with Crippen LogP contribution in [0.15, 0.2) is 114 Å². The van der Waals surface area contributed by atoms with Gasteiger partial charge in [0.15, 0.2) is 0 Å². The fraction of sp³-hybridized carbons (Fsp3) is 0.0741. The minimum Gasteiger partial charge on any atom is -0.325 e. The minimum absolute atomic E-state index is 0.736. The number of benzene rings is 4. The zero-order chi connectivity index (χ0) is 20.8. The summed E-state index contributed by atoms with van der Waals surface area (Å²) in [6.07, 6.45) is 0. The molecule has 4 aromatic rings. The quantitative estimate of drug-likeness (QED) is 0.293. The second kappa shape index (κ2) is 9.10. The summed E-state index contributed by atoms with van der Waals surface area (Å²) in [4.78, 5) is 7.14. The van der Waals surface area contributed by atoms with Gasteiger partial charge in [0.2, 0.25) is 5.96 Å². The molecule has 0 heterocycles. The van der Waals surface area contributed by atoms with Crippen molar-refractivity contribution in [2.75, 3.05) is 10.2 Å². The molecular weight excluding hydrogens is 366 g/mol. The Balaban J connectivity index is 1.84. The van der Waals surface area contributed by atoms with Crippen LogP contribution >= 0.6 is 0 Å². The number of nitrogens with zero attached hydrogens (tertiary/aromatic N) is 2. The Labute approximate surface area is 178 Å². The molecule has 0 saturated heterocycles. The second-order valence-electron chi connectivity index (χ2n) is 7.27. The molecule has 0 atom stereocenters. The van der Waals surface area contributed by atoms with E-state index in [-0.39, 0.29) is 0 Å². The highest BCUT2D eigenvalue weighted by Gasteiger charge is 2.17. The molecule has 0 saturated carbocycles. The molecule has 0 radical (unpaired) electrons. The summed E-state index contributed by atoms with van der Waals surface area (Å²) in [5.41, 5.74) is 6.39. The third kappa shape index (κ3) is 4.76. The first-order valence-corrected chi connectivity index (χ1v) is 10.1. The molecule has 4 rings (SSSR count). The van der Waals surface area contributed by atoms with Crippen LogP contribution in [0.5, 0.6) is 0 Å². The van der Waals surface area contributed by atoms with E-state index in [1.807, 2.05) is 48.5 Å². The lowest BCUT2D eigenvalue weighted by Gasteiger charge is -2.27. The van der Waals surface area contributed by atoms with Gasteiger partial charge in [-0.15, -0.1) is 0 Å². The van der Waals surface area contributed by atoms with Crippen molar-refractivity contribution in [2.45, 2.75) is 13.8 Å². The van der Waals surface area contributed by atoms with Crippen molar-refractivity contribution < 1.29 is 0 Å². The summed E-state index contributed by atoms with van der Waals surface area (Å²) in [6, 6.07) is 37.2. The van der Waals surface area contributed by atoms with Gasteiger partial charge in [-0.1, -0.05) is 71.8 Å². The molecule has 148 valence electrons. The summed E-state index contributed by atoms with van der Waals surface area (Å²) in [6.45, 7) is 4.17. The highest BCUT2D eigenvalue weighted by molar-refractivity contribution is 6.11. The Morgan fingerprint density at radius 3 is 1.57 bits per heavy atom. The van der Waals surface area contributed by atoms with Gasteiger partial charge >= 0.3 is 0 Å². The highest BCUT2D eigenvalue weighted by atomic mass is 15.3. The Morgan fingerprint density at radius 2 is 1.07 bits per heavy atom. The van der Waals surface area contributed by atoms with Gasteiger partial charge in [0.25, 0.3) is 0 Å². The summed E-state index contributed by atoms with van der Waals surface area (Å²) in [5.74, 6) is 0.736. The van der Waals surface area contributed by atoms with Gasteiger partial charge in [-0.3, -0.25) is 4.90 Å². The van der Waals surface area contributed by atoms with Crippen molar-refractivity contribution >= 4 is 28.7 Å². The Kier molecular flexibility index (Phi) is 5.90. The molecule has 0 aliphatic carbocycles. The van der Waals surface area contributed by atoms with Crippen LogP contribution in [0.1, 0.15) is 11.1 Å². The second-order valence-corrected chi connectivity index (χ2v) is 7.27. The maximum absolute atomic E-state index is 5.00. The first kappa shape index (κ1) is 19.5. The van der Waals surface area contributed by atoms with E-state index in [2.05, 4.69) is 84.7 Å². The number of para-hydroxylation sites is 2. The first-order valence-electron chi connectivity index (χ1n) is 10.1. The van der Waals surface area contributed by atoms with Gasteiger partial charge in [0.1, 0.15) is 0 Å². The molecule has 0 unspecified atom stereocenters. The average molecular weight is 392 g/mol. The molecule has 30 heavy (non-hydrogen) atoms. The number of aryl methyl sites for hydroxylation is 2. The van der Waals surface area contributed by atoms with Crippen LogP contribution in [0.2, 0.25) is 0 Å². The van der Waals surface area contributed by atoms with E-state index in [0.29, 0.717) is 0 Å². The van der Waals surface area contributed by atoms with Crippen LogP contribution in [0.3, 0.4) is 0 Å². The lowest BCUT2D eigenvalue weighted by Crippen LogP contribution is -2.32. The fourth-order valence-electron chi connectivity index (χ4n) is 3.19. The molecule has 0 spiro atoms. The van der Waals surface area contributed by atoms with Crippen molar-refractivity contribution in [3.63, 3.8) is 0 Å². The van der Waals surface area contributed by atoms with Crippen molar-refractivity contribution in [1.29, 1.82) is 0 Å². The van der Waals surface area contributed by atoms with Crippen LogP contribution in [0.4, 0.5) is 22.7 Å². The van der Waals surface area contributed by atoms with Gasteiger partial charge in [0, 0.05) is 17.1 Å². The van der Waals surface area contributed by atoms with Gasteiger partial charge < -0.3 is 5.32 Å². The molecule has 0 aromatic heterocycles. The van der Waals surface area contributed by atoms with E-state index in [9.17, 15) is 0 Å². The van der Waals surface area contributed by atoms with Gasteiger partial charge in [-0.25, -0.2) is 4.99 Å². The SMILES string of the molecule is Cc1ccc(N=C(Nc2ccc(C)cc2)N(c2ccccc2)c2ccccc2)cc1. The number of anilines is 3. The average Bonchev–Trinajstić information content (AvgIpc) is 2.78. The Hall–Kier alpha value is -3.85. The molecule has 3 heteroatoms. The Bertz CT molecular complexity index is 1060. The number of hydrogen-bond donors (Lipinski definition) is 1. The van der Waals surface area contributed by atoms with Gasteiger partial charge in [0.05, 0.1) is 5.69 Å². The molecule has 3 nitrogen and oxygen atoms in total. The zero-order valence-corrected chi connectivity index (χ0v) is 17.3. The van der Waals surface area contributed by atoms with Crippen molar-refractivity contribution in [3.8, 4) is 0 Å². The topological polar surface area (TPSA) is 27.6 Å². The lowest BCUT2D eigenvalue weighted by atomic mass is 10.2. The summed E-state index contributed by atoms with van der Waals surface area (Å²) >= 11 is 0. The smallest absolute Gasteiger partial charge is 0.212 e. The lowest BCUT2D eigenvalue weighted by molar-refractivity contribution is 1.29. The monoisotopic (exact) mass is 391 g/mol. The van der Waals surface area contributed by atoms with Crippen molar-refractivity contribution in [1.82, 2.24) is 0 Å². The fourth-order valence-corrected chi connectivity index (χ4v) is 3.19. The van der Waals surface area contributed by atoms with E-state index >= 15 is 0 Å². The standard InChI is InChI=1S/C27H25N3/c1-21-13-17-23(18-14-21)28-27(29-24-19-15-22(2)16-20-24)30(25-9-5-3-6-10-25)26-11-7-4-8-12-26/h3-20H,1-2H3,(H,28,29). The number of rotatable bonds is 4. The zero-order valence-electron chi connectivity index (χ0n) is 17.3. The van der Waals surface area contributed by atoms with Gasteiger partial charge in [-0.05, 0) is 62.4 Å². The summed E-state index contributed by atoms with van der Waals surface area (Å²) < 4.78 is 0. The van der Waals surface area contributed by atoms with Gasteiger partial charge in [-0.2, -0.15) is 0 Å². The molecule has 0 aliphatic rings. The molecule has 0 aliphatic heterocycles. The van der Waals surface area contributed by atoms with E-state index < -0.39 is 0 Å². The number of nitrogens with one attached hydrogen (secondary N) is 1. The number of guanidine groups is 1. The van der Waals surface area contributed by atoms with Crippen LogP contribution < -0.4 is 10.2 Å². The van der Waals surface area contributed by atoms with E-state index in [0.717, 1.165) is 28.7 Å². The van der Waals surface area contributed by atoms with Crippen LogP contribution in [0.25, 0.3) is 0 Å². The Morgan fingerprint density at radius 1 is 0.600 bits per heavy atom. The predicted molar refractivity (Wildman–Crippen MR) is 128 cm³/mol. The number of hydrogen-bond acceptors (Lipinski definition) is 1. The third-order valence-corrected chi connectivity index (χ3v) is 4.82. The molecule has 0 amide bonds. The third-order valence-electron chi connectivity index (χ3n) is 4.82. The van der Waals surface area contributed by atoms with Crippen molar-refractivity contribution in [3.05, 3.63) is 120 Å². The largest absolute Gasteiger partial charge is 0.325 e. The van der Waals surface area contributed by atoms with Crippen LogP contribution in [0, 0.1) is 13.8 Å². The molecule has 1 N–H and O–H groups in total. The molecular formula is C27H25N3. The van der Waals surface area contributed by atoms with Crippen LogP contribution in [-0.4, -0.2) is 5.96 Å². The predicted octanol–water partition coefficient (Wildman–Crippen LogP) is 7.24. The first-order chi connectivity index (χ1) is 14.7. The van der Waals surface area contributed by atoms with Crippen molar-refractivity contribution in [2.24, 2.45) is 4.99 Å². The summed E-state index contributed by atoms with van der Waals surface area (Å²) in [7, 11) is 0. The maximum Gasteiger partial charge on any atom is 0.212 e. The minimum atomic E-state index is 0.736. The van der Waals surface area contributed by atoms with E-state index in [1.165, 1.54) is 11.1 Å². The summed E-state index contributed by atoms with van der Waals surface area (Å²) in [5, 5.41) is 3.54. The van der Waals surface area contributed by atoms with E-state index in [4.69, 9.17) is 4.99 Å². The van der Waals surface area contributed by atoms with Crippen LogP contribution in [-0.2, 0) is 0 Å². The molecule has 4 aromatic carbocycles. The normalized spacial score (nSPS) is 11.2. The molecule has 0 fully saturated rings. The molecule has 0 bridgehead atoms. The van der Waals surface area contributed by atoms with E-state index in [1.54, 1.807) is 0 Å². The highest BCUT2D eigenvalue weighted by Crippen LogP contribution is 2.28. The maximum atomic E-state index is 5.00. The number of aliphatic imine (C=N–C) groups is 1.